The number of carboxylic acids is 1. The predicted octanol–water partition coefficient (Wildman–Crippen LogP) is 2.99. The van der Waals surface area contributed by atoms with Crippen molar-refractivity contribution in [3.63, 3.8) is 0 Å². The van der Waals surface area contributed by atoms with Crippen LogP contribution in [-0.4, -0.2) is 17.1 Å². The molecule has 0 heterocycles. The van der Waals surface area contributed by atoms with Gasteiger partial charge in [-0.1, -0.05) is 15.9 Å². The molecule has 5 heteroatoms. The molecule has 94 valence electrons. The highest BCUT2D eigenvalue weighted by atomic mass is 79.9. The first-order chi connectivity index (χ1) is 8.60. The van der Waals surface area contributed by atoms with Gasteiger partial charge in [-0.25, -0.2) is 0 Å². The number of halogens is 1. The van der Waals surface area contributed by atoms with Gasteiger partial charge in [0.15, 0.2) is 0 Å². The molecule has 1 aliphatic carbocycles. The monoisotopic (exact) mass is 308 g/mol. The Bertz CT molecular complexity index is 510. The number of hydrogen-bond acceptors (Lipinski definition) is 3. The molecule has 0 radical (unpaired) electrons. The highest BCUT2D eigenvalue weighted by molar-refractivity contribution is 9.10. The van der Waals surface area contributed by atoms with Crippen LogP contribution in [0.15, 0.2) is 22.7 Å². The molecule has 2 unspecified atom stereocenters. The second-order valence-electron chi connectivity index (χ2n) is 4.49. The minimum Gasteiger partial charge on any atom is -0.481 e. The Morgan fingerprint density at radius 2 is 2.28 bits per heavy atom. The molecule has 2 rings (SSSR count). The summed E-state index contributed by atoms with van der Waals surface area (Å²) in [5.41, 5.74) is 1.35. The fourth-order valence-corrected chi connectivity index (χ4v) is 2.65. The standard InChI is InChI=1S/C13H13BrN2O2/c14-10-3-1-9(7-15)12(6-10)16-11-4-2-8(5-11)13(17)18/h1,3,6,8,11,16H,2,4-5H2,(H,17,18). The van der Waals surface area contributed by atoms with E-state index in [0.717, 1.165) is 16.6 Å². The zero-order chi connectivity index (χ0) is 13.1. The number of carbonyl (C=O) groups is 1. The van der Waals surface area contributed by atoms with E-state index in [1.54, 1.807) is 6.07 Å². The van der Waals surface area contributed by atoms with Crippen molar-refractivity contribution in [2.45, 2.75) is 25.3 Å². The average molecular weight is 309 g/mol. The van der Waals surface area contributed by atoms with Crippen molar-refractivity contribution in [3.8, 4) is 6.07 Å². The molecule has 0 amide bonds. The minimum atomic E-state index is -0.728. The molecule has 1 saturated carbocycles. The van der Waals surface area contributed by atoms with Crippen LogP contribution in [0.25, 0.3) is 0 Å². The van der Waals surface area contributed by atoms with Crippen molar-refractivity contribution in [2.75, 3.05) is 5.32 Å². The van der Waals surface area contributed by atoms with Crippen LogP contribution >= 0.6 is 15.9 Å². The molecule has 1 aromatic rings. The average Bonchev–Trinajstić information content (AvgIpc) is 2.78. The fraction of sp³-hybridized carbons (Fsp3) is 0.385. The van der Waals surface area contributed by atoms with Gasteiger partial charge in [-0.2, -0.15) is 5.26 Å². The van der Waals surface area contributed by atoms with Crippen LogP contribution in [0.2, 0.25) is 0 Å². The van der Waals surface area contributed by atoms with E-state index in [1.165, 1.54) is 0 Å². The summed E-state index contributed by atoms with van der Waals surface area (Å²) in [4.78, 5) is 10.9. The van der Waals surface area contributed by atoms with Crippen LogP contribution < -0.4 is 5.32 Å². The van der Waals surface area contributed by atoms with Gasteiger partial charge in [0.1, 0.15) is 6.07 Å². The number of benzene rings is 1. The predicted molar refractivity (Wildman–Crippen MR) is 71.2 cm³/mol. The van der Waals surface area contributed by atoms with E-state index in [9.17, 15) is 4.79 Å². The molecule has 18 heavy (non-hydrogen) atoms. The van der Waals surface area contributed by atoms with Crippen molar-refractivity contribution in [2.24, 2.45) is 5.92 Å². The summed E-state index contributed by atoms with van der Waals surface area (Å²) in [7, 11) is 0. The number of rotatable bonds is 3. The number of hydrogen-bond donors (Lipinski definition) is 2. The van der Waals surface area contributed by atoms with Crippen molar-refractivity contribution in [3.05, 3.63) is 28.2 Å². The Labute approximate surface area is 114 Å². The van der Waals surface area contributed by atoms with Gasteiger partial charge in [0, 0.05) is 10.5 Å². The molecule has 4 nitrogen and oxygen atoms in total. The summed E-state index contributed by atoms with van der Waals surface area (Å²) in [6.45, 7) is 0. The Morgan fingerprint density at radius 3 is 2.89 bits per heavy atom. The fourth-order valence-electron chi connectivity index (χ4n) is 2.29. The molecule has 2 atom stereocenters. The number of carboxylic acid groups (broad SMARTS) is 1. The quantitative estimate of drug-likeness (QED) is 0.900. The van der Waals surface area contributed by atoms with Crippen LogP contribution in [0.5, 0.6) is 0 Å². The van der Waals surface area contributed by atoms with Gasteiger partial charge in [-0.3, -0.25) is 4.79 Å². The zero-order valence-electron chi connectivity index (χ0n) is 9.69. The molecule has 1 aromatic carbocycles. The first-order valence-corrected chi connectivity index (χ1v) is 6.58. The van der Waals surface area contributed by atoms with Crippen LogP contribution in [0.3, 0.4) is 0 Å². The van der Waals surface area contributed by atoms with Crippen molar-refractivity contribution in [1.29, 1.82) is 5.26 Å². The van der Waals surface area contributed by atoms with Crippen molar-refractivity contribution < 1.29 is 9.90 Å². The summed E-state index contributed by atoms with van der Waals surface area (Å²) in [5.74, 6) is -0.991. The van der Waals surface area contributed by atoms with Gasteiger partial charge in [0.05, 0.1) is 17.2 Å². The number of aliphatic carboxylic acids is 1. The lowest BCUT2D eigenvalue weighted by atomic mass is 10.1. The Balaban J connectivity index is 2.09. The maximum absolute atomic E-state index is 10.9. The Kier molecular flexibility index (Phi) is 3.87. The number of anilines is 1. The van der Waals surface area contributed by atoms with Gasteiger partial charge in [-0.15, -0.1) is 0 Å². The summed E-state index contributed by atoms with van der Waals surface area (Å²) in [5, 5.41) is 21.2. The largest absolute Gasteiger partial charge is 0.481 e. The molecule has 0 spiro atoms. The minimum absolute atomic E-state index is 0.132. The van der Waals surface area contributed by atoms with Crippen LogP contribution in [0, 0.1) is 17.2 Å². The van der Waals surface area contributed by atoms with Gasteiger partial charge < -0.3 is 10.4 Å². The van der Waals surface area contributed by atoms with E-state index in [-0.39, 0.29) is 12.0 Å². The van der Waals surface area contributed by atoms with Gasteiger partial charge in [0.2, 0.25) is 0 Å². The first-order valence-electron chi connectivity index (χ1n) is 5.79. The maximum atomic E-state index is 10.9. The highest BCUT2D eigenvalue weighted by Gasteiger charge is 2.29. The third-order valence-electron chi connectivity index (χ3n) is 3.24. The van der Waals surface area contributed by atoms with E-state index >= 15 is 0 Å². The molecule has 0 aromatic heterocycles. The summed E-state index contributed by atoms with van der Waals surface area (Å²) >= 11 is 3.37. The SMILES string of the molecule is N#Cc1ccc(Br)cc1NC1CCC(C(=O)O)C1. The molecule has 0 bridgehead atoms. The molecule has 1 fully saturated rings. The van der Waals surface area contributed by atoms with Gasteiger partial charge in [0.25, 0.3) is 0 Å². The normalized spacial score (nSPS) is 22.4. The van der Waals surface area contributed by atoms with E-state index in [2.05, 4.69) is 27.3 Å². The number of nitrogens with one attached hydrogen (secondary N) is 1. The third-order valence-corrected chi connectivity index (χ3v) is 3.74. The molecule has 1 aliphatic rings. The van der Waals surface area contributed by atoms with Crippen molar-refractivity contribution in [1.82, 2.24) is 0 Å². The summed E-state index contributed by atoms with van der Waals surface area (Å²) < 4.78 is 0.900. The van der Waals surface area contributed by atoms with E-state index in [0.29, 0.717) is 18.4 Å². The lowest BCUT2D eigenvalue weighted by Gasteiger charge is -2.15. The van der Waals surface area contributed by atoms with E-state index < -0.39 is 5.97 Å². The van der Waals surface area contributed by atoms with Crippen molar-refractivity contribution >= 4 is 27.6 Å². The molecule has 0 saturated heterocycles. The van der Waals surface area contributed by atoms with E-state index in [1.807, 2.05) is 12.1 Å². The molecular weight excluding hydrogens is 296 g/mol. The Morgan fingerprint density at radius 1 is 1.50 bits per heavy atom. The third kappa shape index (κ3) is 2.82. The topological polar surface area (TPSA) is 73.1 Å². The summed E-state index contributed by atoms with van der Waals surface area (Å²) in [6, 6.07) is 7.68. The van der Waals surface area contributed by atoms with Crippen LogP contribution in [0.4, 0.5) is 5.69 Å². The highest BCUT2D eigenvalue weighted by Crippen LogP contribution is 2.30. The van der Waals surface area contributed by atoms with E-state index in [4.69, 9.17) is 10.4 Å². The molecule has 2 N–H and O–H groups in total. The smallest absolute Gasteiger partial charge is 0.306 e. The second kappa shape index (κ2) is 5.40. The van der Waals surface area contributed by atoms with Gasteiger partial charge >= 0.3 is 5.97 Å². The zero-order valence-corrected chi connectivity index (χ0v) is 11.3. The molecular formula is C13H13BrN2O2. The number of nitrogens with zero attached hydrogens (tertiary/aromatic N) is 1. The Hall–Kier alpha value is -1.54. The van der Waals surface area contributed by atoms with Crippen LogP contribution in [0.1, 0.15) is 24.8 Å². The summed E-state index contributed by atoms with van der Waals surface area (Å²) in [6.07, 6.45) is 2.14. The maximum Gasteiger partial charge on any atom is 0.306 e. The first kappa shape index (κ1) is 12.9. The lowest BCUT2D eigenvalue weighted by molar-refractivity contribution is -0.141. The molecule has 0 aliphatic heterocycles. The lowest BCUT2D eigenvalue weighted by Crippen LogP contribution is -2.18. The second-order valence-corrected chi connectivity index (χ2v) is 5.41. The van der Waals surface area contributed by atoms with Gasteiger partial charge in [-0.05, 0) is 37.5 Å². The van der Waals surface area contributed by atoms with Crippen LogP contribution in [-0.2, 0) is 4.79 Å². The number of nitriles is 1.